The SMILES string of the molecule is Cc1c[c-]c(-c2ccccn2)cc1.[2H]C([2H])([2H])c1cnc(-c2[c-]cc3c(c2)oc2ccccc23)nc1.[Ir+3].[c-]1ccccc1-c1ccccn1. The summed E-state index contributed by atoms with van der Waals surface area (Å²) in [4.78, 5) is 16.7. The van der Waals surface area contributed by atoms with Crippen LogP contribution in [-0.2, 0) is 20.1 Å². The molecule has 0 amide bonds. The Kier molecular flexibility index (Phi) is 9.58. The molecule has 46 heavy (non-hydrogen) atoms. The van der Waals surface area contributed by atoms with Crippen LogP contribution in [0.4, 0.5) is 0 Å². The van der Waals surface area contributed by atoms with E-state index >= 15 is 0 Å². The van der Waals surface area contributed by atoms with E-state index in [2.05, 4.69) is 51.1 Å². The largest absolute Gasteiger partial charge is 3.00 e. The minimum atomic E-state index is -2.20. The molecule has 0 aliphatic carbocycles. The van der Waals surface area contributed by atoms with Crippen molar-refractivity contribution in [3.05, 3.63) is 169 Å². The van der Waals surface area contributed by atoms with Gasteiger partial charge in [-0.25, -0.2) is 0 Å². The second-order valence-corrected chi connectivity index (χ2v) is 10.0. The Bertz CT molecular complexity index is 2170. The first-order valence-electron chi connectivity index (χ1n) is 15.8. The smallest absolute Gasteiger partial charge is 0.476 e. The van der Waals surface area contributed by atoms with Gasteiger partial charge in [0.2, 0.25) is 0 Å². The number of rotatable bonds is 3. The van der Waals surface area contributed by atoms with Crippen molar-refractivity contribution < 1.29 is 28.6 Å². The van der Waals surface area contributed by atoms with Crippen LogP contribution in [0.1, 0.15) is 15.2 Å². The second-order valence-electron chi connectivity index (χ2n) is 10.0. The van der Waals surface area contributed by atoms with Gasteiger partial charge in [0.1, 0.15) is 5.58 Å². The Morgan fingerprint density at radius 3 is 1.89 bits per heavy atom. The van der Waals surface area contributed by atoms with Crippen LogP contribution in [0.2, 0.25) is 0 Å². The van der Waals surface area contributed by atoms with Crippen LogP contribution >= 0.6 is 0 Å². The maximum absolute atomic E-state index is 7.35. The van der Waals surface area contributed by atoms with Crippen molar-refractivity contribution in [3.8, 4) is 33.9 Å². The molecule has 0 saturated carbocycles. The molecule has 4 aromatic carbocycles. The maximum Gasteiger partial charge on any atom is 3.00 e. The molecule has 6 heteroatoms. The molecule has 0 bridgehead atoms. The topological polar surface area (TPSA) is 64.7 Å². The number of para-hydroxylation sites is 1. The molecular formula is C40H29IrN4O. The van der Waals surface area contributed by atoms with Crippen molar-refractivity contribution in [2.45, 2.75) is 13.8 Å². The van der Waals surface area contributed by atoms with Crippen LogP contribution in [-0.4, -0.2) is 19.9 Å². The molecule has 8 rings (SSSR count). The van der Waals surface area contributed by atoms with Crippen LogP contribution in [0, 0.1) is 32.0 Å². The average molecular weight is 777 g/mol. The van der Waals surface area contributed by atoms with E-state index in [1.54, 1.807) is 12.4 Å². The molecule has 0 aliphatic rings. The third-order valence-corrected chi connectivity index (χ3v) is 6.76. The van der Waals surface area contributed by atoms with Gasteiger partial charge in [0.15, 0.2) is 0 Å². The molecule has 0 saturated heterocycles. The van der Waals surface area contributed by atoms with Crippen molar-refractivity contribution in [3.63, 3.8) is 0 Å². The van der Waals surface area contributed by atoms with Gasteiger partial charge >= 0.3 is 20.1 Å². The van der Waals surface area contributed by atoms with Crippen LogP contribution < -0.4 is 0 Å². The van der Waals surface area contributed by atoms with E-state index in [9.17, 15) is 0 Å². The zero-order valence-electron chi connectivity index (χ0n) is 27.8. The summed E-state index contributed by atoms with van der Waals surface area (Å²) in [7, 11) is 0. The van der Waals surface area contributed by atoms with Crippen molar-refractivity contribution in [1.29, 1.82) is 0 Å². The summed E-state index contributed by atoms with van der Waals surface area (Å²) in [6.45, 7) is -0.149. The maximum atomic E-state index is 7.35. The standard InChI is InChI=1S/C17H11N2O.C12H10N.C11H8N.Ir/c1-11-9-18-17(19-10-11)12-6-7-14-13-4-2-3-5-15(13)20-16(14)8-12;1-10-5-7-11(8-6-10)12-4-2-3-9-13-12;1-2-6-10(7-3-1)11-8-4-5-9-12-11;/h2-5,7-10H,1H3;2-7,9H,1H3;1-6,8-9H;/q3*-1;+3/i1D3;;;. The van der Waals surface area contributed by atoms with E-state index in [0.717, 1.165) is 44.5 Å². The molecule has 0 aliphatic heterocycles. The van der Waals surface area contributed by atoms with E-state index in [4.69, 9.17) is 8.53 Å². The van der Waals surface area contributed by atoms with Gasteiger partial charge in [-0.05, 0) is 47.4 Å². The summed E-state index contributed by atoms with van der Waals surface area (Å²) in [6, 6.07) is 46.6. The number of hydrogen-bond donors (Lipinski definition) is 0. The van der Waals surface area contributed by atoms with Gasteiger partial charge in [0.25, 0.3) is 0 Å². The van der Waals surface area contributed by atoms with Crippen LogP contribution in [0.15, 0.2) is 144 Å². The summed E-state index contributed by atoms with van der Waals surface area (Å²) < 4.78 is 27.9. The summed E-state index contributed by atoms with van der Waals surface area (Å²) in [6.07, 6.45) is 6.23. The first-order chi connectivity index (χ1) is 23.3. The Labute approximate surface area is 286 Å². The second kappa shape index (κ2) is 15.6. The Balaban J connectivity index is 0.000000154. The van der Waals surface area contributed by atoms with E-state index in [1.807, 2.05) is 109 Å². The van der Waals surface area contributed by atoms with Gasteiger partial charge in [-0.2, -0.15) is 0 Å². The first kappa shape index (κ1) is 28.2. The predicted molar refractivity (Wildman–Crippen MR) is 180 cm³/mol. The van der Waals surface area contributed by atoms with Crippen LogP contribution in [0.3, 0.4) is 0 Å². The minimum absolute atomic E-state index is 0. The van der Waals surface area contributed by atoms with Gasteiger partial charge in [-0.15, -0.1) is 89.0 Å². The minimum Gasteiger partial charge on any atom is -0.476 e. The first-order valence-corrected chi connectivity index (χ1v) is 14.3. The Morgan fingerprint density at radius 1 is 0.587 bits per heavy atom. The Morgan fingerprint density at radius 2 is 1.26 bits per heavy atom. The third-order valence-electron chi connectivity index (χ3n) is 6.76. The third kappa shape index (κ3) is 8.05. The quantitative estimate of drug-likeness (QED) is 0.167. The molecular weight excluding hydrogens is 745 g/mol. The molecule has 0 radical (unpaired) electrons. The van der Waals surface area contributed by atoms with Gasteiger partial charge < -0.3 is 14.4 Å². The molecule has 0 spiro atoms. The van der Waals surface area contributed by atoms with E-state index in [0.29, 0.717) is 11.4 Å². The fourth-order valence-electron chi connectivity index (χ4n) is 4.52. The molecule has 224 valence electrons. The number of fused-ring (bicyclic) bond motifs is 3. The average Bonchev–Trinajstić information content (AvgIpc) is 3.51. The number of aryl methyl sites for hydroxylation is 2. The number of nitrogens with zero attached hydrogens (tertiary/aromatic N) is 4. The normalized spacial score (nSPS) is 11.5. The number of benzene rings is 4. The van der Waals surface area contributed by atoms with Gasteiger partial charge in [-0.1, -0.05) is 60.8 Å². The van der Waals surface area contributed by atoms with E-state index in [1.165, 1.54) is 18.0 Å². The zero-order chi connectivity index (χ0) is 33.3. The summed E-state index contributed by atoms with van der Waals surface area (Å²) in [5.74, 6) is 0.417. The van der Waals surface area contributed by atoms with Gasteiger partial charge in [0.05, 0.1) is 11.4 Å². The molecule has 4 heterocycles. The van der Waals surface area contributed by atoms with Crippen molar-refractivity contribution in [2.24, 2.45) is 0 Å². The monoisotopic (exact) mass is 777 g/mol. The van der Waals surface area contributed by atoms with Crippen molar-refractivity contribution in [2.75, 3.05) is 0 Å². The zero-order valence-corrected chi connectivity index (χ0v) is 27.2. The molecule has 0 fully saturated rings. The van der Waals surface area contributed by atoms with Gasteiger partial charge in [-0.3, -0.25) is 9.97 Å². The van der Waals surface area contributed by atoms with Crippen LogP contribution in [0.5, 0.6) is 0 Å². The van der Waals surface area contributed by atoms with E-state index < -0.39 is 6.85 Å². The van der Waals surface area contributed by atoms with Gasteiger partial charge in [0, 0.05) is 28.9 Å². The molecule has 8 aromatic rings. The van der Waals surface area contributed by atoms with Crippen LogP contribution in [0.25, 0.3) is 55.8 Å². The molecule has 0 atom stereocenters. The molecule has 4 aromatic heterocycles. The van der Waals surface area contributed by atoms with Crippen molar-refractivity contribution in [1.82, 2.24) is 19.9 Å². The number of furan rings is 1. The molecule has 5 nitrogen and oxygen atoms in total. The molecule has 0 unspecified atom stereocenters. The predicted octanol–water partition coefficient (Wildman–Crippen LogP) is 9.56. The number of aromatic nitrogens is 4. The summed E-state index contributed by atoms with van der Waals surface area (Å²) in [5, 5.41) is 2.01. The fourth-order valence-corrected chi connectivity index (χ4v) is 4.52. The Hall–Kier alpha value is -5.29. The molecule has 0 N–H and O–H groups in total. The fraction of sp³-hybridized carbons (Fsp3) is 0.0500. The van der Waals surface area contributed by atoms with E-state index in [-0.39, 0.29) is 25.7 Å². The summed E-state index contributed by atoms with van der Waals surface area (Å²) >= 11 is 0. The van der Waals surface area contributed by atoms with Crippen molar-refractivity contribution >= 4 is 21.9 Å². The number of pyridine rings is 2. The summed E-state index contributed by atoms with van der Waals surface area (Å²) in [5.41, 5.74) is 7.57. The number of hydrogen-bond acceptors (Lipinski definition) is 5.